The maximum atomic E-state index is 14.0. The van der Waals surface area contributed by atoms with Gasteiger partial charge in [0.15, 0.2) is 18.0 Å². The summed E-state index contributed by atoms with van der Waals surface area (Å²) in [6.07, 6.45) is 3.90. The first-order valence-electron chi connectivity index (χ1n) is 11.3. The van der Waals surface area contributed by atoms with Crippen molar-refractivity contribution in [1.29, 1.82) is 0 Å². The Morgan fingerprint density at radius 3 is 2.25 bits per heavy atom. The third kappa shape index (κ3) is 5.13. The molecule has 182 valence electrons. The summed E-state index contributed by atoms with van der Waals surface area (Å²) in [7, 11) is 1.63. The number of hydrogen-bond donors (Lipinski definition) is 0. The molecule has 0 aliphatic carbocycles. The molecule has 0 unspecified atom stereocenters. The van der Waals surface area contributed by atoms with Crippen molar-refractivity contribution in [2.45, 2.75) is 12.1 Å². The number of nitrogens with zero attached hydrogens (tertiary/aromatic N) is 2. The lowest BCUT2D eigenvalue weighted by molar-refractivity contribution is -0.563. The quantitative estimate of drug-likeness (QED) is 0.240. The molecule has 5 nitrogen and oxygen atoms in total. The second-order valence-corrected chi connectivity index (χ2v) is 9.38. The van der Waals surface area contributed by atoms with Crippen LogP contribution in [0.1, 0.15) is 44.1 Å². The van der Waals surface area contributed by atoms with Gasteiger partial charge in [-0.1, -0.05) is 58.4 Å². The number of methoxy groups -OCH3 is 1. The van der Waals surface area contributed by atoms with Gasteiger partial charge < -0.3 is 26.3 Å². The van der Waals surface area contributed by atoms with E-state index in [2.05, 4.69) is 15.9 Å². The van der Waals surface area contributed by atoms with Crippen LogP contribution in [-0.2, 0) is 0 Å². The zero-order chi connectivity index (χ0) is 24.4. The van der Waals surface area contributed by atoms with Gasteiger partial charge in [-0.15, -0.1) is 0 Å². The summed E-state index contributed by atoms with van der Waals surface area (Å²) in [5, 5.41) is 0. The van der Waals surface area contributed by atoms with Crippen molar-refractivity contribution >= 4 is 33.7 Å². The fourth-order valence-electron chi connectivity index (χ4n) is 4.61. The van der Waals surface area contributed by atoms with E-state index in [0.29, 0.717) is 11.1 Å². The highest BCUT2D eigenvalue weighted by atomic mass is 79.9. The number of rotatable bonds is 7. The molecule has 2 atom stereocenters. The zero-order valence-corrected chi connectivity index (χ0v) is 22.7. The number of halogens is 2. The molecule has 0 spiro atoms. The number of ether oxygens (including phenoxy) is 1. The van der Waals surface area contributed by atoms with E-state index in [0.717, 1.165) is 21.5 Å². The van der Waals surface area contributed by atoms with Gasteiger partial charge in [-0.05, 0) is 48.5 Å². The number of hydrogen-bond acceptors (Lipinski definition) is 3. The Labute approximate surface area is 228 Å². The van der Waals surface area contributed by atoms with E-state index in [1.54, 1.807) is 7.11 Å². The molecule has 3 aromatic carbocycles. The second-order valence-electron chi connectivity index (χ2n) is 8.46. The molecule has 1 aliphatic rings. The van der Waals surface area contributed by atoms with Gasteiger partial charge in [0.05, 0.1) is 7.11 Å². The molecule has 5 rings (SSSR count). The number of ketones is 2. The minimum atomic E-state index is -0.553. The van der Waals surface area contributed by atoms with Crippen LogP contribution in [0.25, 0.3) is 0 Å². The zero-order valence-electron chi connectivity index (χ0n) is 19.6. The summed E-state index contributed by atoms with van der Waals surface area (Å²) in [5.74, 6) is 0.717. The van der Waals surface area contributed by atoms with Crippen LogP contribution in [-0.4, -0.2) is 40.6 Å². The Kier molecular flexibility index (Phi) is 8.01. The second kappa shape index (κ2) is 11.2. The summed E-state index contributed by atoms with van der Waals surface area (Å²) in [4.78, 5) is 27.2. The van der Waals surface area contributed by atoms with Gasteiger partial charge in [-0.25, -0.2) is 4.58 Å². The molecule has 0 bridgehead atoms. The maximum absolute atomic E-state index is 14.0. The first kappa shape index (κ1) is 25.8. The van der Waals surface area contributed by atoms with Gasteiger partial charge >= 0.3 is 0 Å². The normalized spacial score (nSPS) is 16.3. The van der Waals surface area contributed by atoms with Crippen LogP contribution in [0, 0.1) is 0 Å². The topological polar surface area (TPSA) is 51.3 Å². The van der Waals surface area contributed by atoms with Crippen molar-refractivity contribution in [2.75, 3.05) is 13.7 Å². The fraction of sp³-hybridized carbons (Fsp3) is 0.138. The van der Waals surface area contributed by atoms with Gasteiger partial charge in [0.25, 0.3) is 0 Å². The van der Waals surface area contributed by atoms with E-state index in [4.69, 9.17) is 4.74 Å². The van der Waals surface area contributed by atoms with Crippen LogP contribution in [0.4, 0.5) is 0 Å². The van der Waals surface area contributed by atoms with Crippen LogP contribution in [0.2, 0.25) is 0 Å². The molecule has 4 aromatic rings. The molecule has 1 aliphatic heterocycles. The smallest absolute Gasteiger partial charge is 0.227 e. The van der Waals surface area contributed by atoms with E-state index >= 15 is 0 Å². The van der Waals surface area contributed by atoms with Gasteiger partial charge in [-0.2, -0.15) is 0 Å². The van der Waals surface area contributed by atoms with Gasteiger partial charge in [0.2, 0.25) is 18.4 Å². The highest BCUT2D eigenvalue weighted by molar-refractivity contribution is 9.10. The van der Waals surface area contributed by atoms with Crippen LogP contribution < -0.4 is 21.7 Å². The van der Waals surface area contributed by atoms with Crippen LogP contribution in [0.15, 0.2) is 102 Å². The number of carbonyl (C=O) groups excluding carboxylic acids is 2. The number of benzene rings is 3. The average molecular weight is 608 g/mol. The van der Waals surface area contributed by atoms with Gasteiger partial charge in [0.1, 0.15) is 11.4 Å². The number of aromatic nitrogens is 1. The summed E-state index contributed by atoms with van der Waals surface area (Å²) >= 11 is 3.45. The molecule has 0 N–H and O–H groups in total. The summed E-state index contributed by atoms with van der Waals surface area (Å²) in [5.41, 5.74) is 3.07. The molecular weight excluding hydrogens is 584 g/mol. The van der Waals surface area contributed by atoms with E-state index in [-0.39, 0.29) is 41.1 Å². The Hall–Kier alpha value is -3.29. The lowest BCUT2D eigenvalue weighted by Crippen LogP contribution is -3.00. The van der Waals surface area contributed by atoms with Crippen molar-refractivity contribution < 1.29 is 35.9 Å². The Balaban J connectivity index is 0.00000304. The van der Waals surface area contributed by atoms with Crippen molar-refractivity contribution in [3.63, 3.8) is 0 Å². The average Bonchev–Trinajstić information content (AvgIpc) is 3.37. The summed E-state index contributed by atoms with van der Waals surface area (Å²) < 4.78 is 10.3. The highest BCUT2D eigenvalue weighted by Gasteiger charge is 2.43. The molecule has 0 amide bonds. The van der Waals surface area contributed by atoms with E-state index in [1.165, 1.54) is 0 Å². The molecule has 0 fully saturated rings. The molecule has 1 aromatic heterocycles. The Morgan fingerprint density at radius 2 is 1.58 bits per heavy atom. The van der Waals surface area contributed by atoms with Gasteiger partial charge in [0, 0.05) is 27.4 Å². The third-order valence-electron chi connectivity index (χ3n) is 6.34. The van der Waals surface area contributed by atoms with Crippen molar-refractivity contribution in [2.24, 2.45) is 0 Å². The van der Waals surface area contributed by atoms with E-state index < -0.39 is 6.04 Å². The first-order chi connectivity index (χ1) is 17.0. The predicted octanol–water partition coefficient (Wildman–Crippen LogP) is 2.76. The van der Waals surface area contributed by atoms with Crippen molar-refractivity contribution in [1.82, 2.24) is 4.57 Å². The minimum Gasteiger partial charge on any atom is -1.00 e. The molecule has 0 saturated heterocycles. The largest absolute Gasteiger partial charge is 1.00 e. The molecule has 2 heterocycles. The standard InChI is InChI=1S/C29H24BrN2O3.BrH/c1-35-25-15-11-21(12-16-25)27-28(29(34)22-9-13-23(30)14-10-22)32-17-5-8-24(32)18-31(27)19-26(33)20-6-3-2-4-7-20;/h2-18,27-28H,19H2,1H3;1H/q+1;/p-1/t27-,28+;/m1./s1. The molecule has 0 radical (unpaired) electrons. The molecule has 7 heteroatoms. The number of fused-ring (bicyclic) bond motifs is 1. The molecule has 36 heavy (non-hydrogen) atoms. The fourth-order valence-corrected chi connectivity index (χ4v) is 4.87. The SMILES string of the molecule is COc1ccc([C@@H]2[C@@H](C(=O)c3ccc(Br)cc3)n3cccc3C=[N+]2CC(=O)c2ccccc2)cc1.[Br-]. The predicted molar refractivity (Wildman–Crippen MR) is 139 cm³/mol. The van der Waals surface area contributed by atoms with Crippen molar-refractivity contribution in [3.05, 3.63) is 124 Å². The van der Waals surface area contributed by atoms with Gasteiger partial charge in [-0.3, -0.25) is 9.59 Å². The number of carbonyl (C=O) groups is 2. The van der Waals surface area contributed by atoms with Crippen LogP contribution in [0.3, 0.4) is 0 Å². The highest BCUT2D eigenvalue weighted by Crippen LogP contribution is 2.37. The molecule has 0 saturated carbocycles. The Bertz CT molecular complexity index is 1390. The molecular formula is C29H24Br2N2O3. The first-order valence-corrected chi connectivity index (χ1v) is 12.1. The monoisotopic (exact) mass is 606 g/mol. The lowest BCUT2D eigenvalue weighted by atomic mass is 9.90. The van der Waals surface area contributed by atoms with Crippen LogP contribution >= 0.6 is 15.9 Å². The van der Waals surface area contributed by atoms with Crippen LogP contribution in [0.5, 0.6) is 5.75 Å². The maximum Gasteiger partial charge on any atom is 0.227 e. The third-order valence-corrected chi connectivity index (χ3v) is 6.87. The summed E-state index contributed by atoms with van der Waals surface area (Å²) in [6.45, 7) is 0.149. The lowest BCUT2D eigenvalue weighted by Gasteiger charge is -2.30. The van der Waals surface area contributed by atoms with E-state index in [1.807, 2.05) is 113 Å². The Morgan fingerprint density at radius 1 is 0.889 bits per heavy atom. The van der Waals surface area contributed by atoms with Crippen molar-refractivity contribution in [3.8, 4) is 5.75 Å². The minimum absolute atomic E-state index is 0. The number of Topliss-reactive ketones (excluding diaryl/α,β-unsaturated/α-hetero) is 2. The summed E-state index contributed by atoms with van der Waals surface area (Å²) in [6, 6.07) is 27.3. The van der Waals surface area contributed by atoms with E-state index in [9.17, 15) is 9.59 Å².